The van der Waals surface area contributed by atoms with Crippen LogP contribution in [0.15, 0.2) is 18.3 Å². The molecular weight excluding hydrogens is 138 g/mol. The van der Waals surface area contributed by atoms with Gasteiger partial charge in [-0.05, 0) is 25.0 Å². The van der Waals surface area contributed by atoms with Crippen molar-refractivity contribution in [2.75, 3.05) is 13.2 Å². The van der Waals surface area contributed by atoms with Gasteiger partial charge in [0, 0.05) is 31.0 Å². The van der Waals surface area contributed by atoms with Crippen molar-refractivity contribution in [3.8, 4) is 0 Å². The fraction of sp³-hybridized carbons (Fsp3) is 0.556. The molecule has 0 saturated carbocycles. The van der Waals surface area contributed by atoms with Gasteiger partial charge in [-0.2, -0.15) is 0 Å². The lowest BCUT2D eigenvalue weighted by Crippen LogP contribution is -2.14. The van der Waals surface area contributed by atoms with Gasteiger partial charge in [0.2, 0.25) is 0 Å². The molecule has 1 saturated heterocycles. The Balaban J connectivity index is 2.04. The Bertz CT molecular complexity index is 199. The fourth-order valence-electron chi connectivity index (χ4n) is 1.61. The number of aromatic nitrogens is 1. The SMILES string of the molecule is c1c[nH]c(C2CCOCC2)c1. The standard InChI is InChI=1S/C9H13NO/c1-2-9(10-5-1)8-3-6-11-7-4-8/h1-2,5,8,10H,3-4,6-7H2. The van der Waals surface area contributed by atoms with Crippen LogP contribution < -0.4 is 0 Å². The quantitative estimate of drug-likeness (QED) is 0.651. The molecule has 2 nitrogen and oxygen atoms in total. The molecular formula is C9H13NO. The van der Waals surface area contributed by atoms with Crippen LogP contribution in [0.2, 0.25) is 0 Å². The maximum Gasteiger partial charge on any atom is 0.0472 e. The van der Waals surface area contributed by atoms with Gasteiger partial charge < -0.3 is 9.72 Å². The Morgan fingerprint density at radius 2 is 2.18 bits per heavy atom. The minimum Gasteiger partial charge on any atom is -0.381 e. The van der Waals surface area contributed by atoms with Crippen LogP contribution in [0.1, 0.15) is 24.5 Å². The average molecular weight is 151 g/mol. The highest BCUT2D eigenvalue weighted by molar-refractivity contribution is 5.10. The molecule has 11 heavy (non-hydrogen) atoms. The summed E-state index contributed by atoms with van der Waals surface area (Å²) >= 11 is 0. The molecule has 1 fully saturated rings. The lowest BCUT2D eigenvalue weighted by molar-refractivity contribution is 0.0846. The zero-order valence-corrected chi connectivity index (χ0v) is 6.55. The van der Waals surface area contributed by atoms with Crippen molar-refractivity contribution in [1.29, 1.82) is 0 Å². The molecule has 0 amide bonds. The molecule has 1 aromatic rings. The van der Waals surface area contributed by atoms with E-state index in [1.807, 2.05) is 6.20 Å². The molecule has 0 bridgehead atoms. The van der Waals surface area contributed by atoms with E-state index in [1.54, 1.807) is 0 Å². The highest BCUT2D eigenvalue weighted by atomic mass is 16.5. The van der Waals surface area contributed by atoms with E-state index in [9.17, 15) is 0 Å². The van der Waals surface area contributed by atoms with Gasteiger partial charge in [0.25, 0.3) is 0 Å². The molecule has 2 rings (SSSR count). The van der Waals surface area contributed by atoms with Gasteiger partial charge in [-0.3, -0.25) is 0 Å². The lowest BCUT2D eigenvalue weighted by Gasteiger charge is -2.20. The van der Waals surface area contributed by atoms with Gasteiger partial charge in [0.05, 0.1) is 0 Å². The Morgan fingerprint density at radius 1 is 1.36 bits per heavy atom. The zero-order valence-electron chi connectivity index (χ0n) is 6.55. The van der Waals surface area contributed by atoms with Gasteiger partial charge >= 0.3 is 0 Å². The molecule has 1 N–H and O–H groups in total. The summed E-state index contributed by atoms with van der Waals surface area (Å²) in [5.41, 5.74) is 1.37. The van der Waals surface area contributed by atoms with E-state index in [0.29, 0.717) is 5.92 Å². The topological polar surface area (TPSA) is 25.0 Å². The van der Waals surface area contributed by atoms with E-state index in [2.05, 4.69) is 17.1 Å². The molecule has 0 aliphatic carbocycles. The molecule has 0 radical (unpaired) electrons. The molecule has 0 aromatic carbocycles. The van der Waals surface area contributed by atoms with Crippen LogP contribution in [0.3, 0.4) is 0 Å². The van der Waals surface area contributed by atoms with Crippen molar-refractivity contribution >= 4 is 0 Å². The zero-order chi connectivity index (χ0) is 7.52. The molecule has 1 aromatic heterocycles. The molecule has 0 atom stereocenters. The third kappa shape index (κ3) is 1.46. The van der Waals surface area contributed by atoms with E-state index in [4.69, 9.17) is 4.74 Å². The fourth-order valence-corrected chi connectivity index (χ4v) is 1.61. The largest absolute Gasteiger partial charge is 0.381 e. The summed E-state index contributed by atoms with van der Waals surface area (Å²) in [7, 11) is 0. The van der Waals surface area contributed by atoms with E-state index < -0.39 is 0 Å². The minimum absolute atomic E-state index is 0.707. The predicted molar refractivity (Wildman–Crippen MR) is 43.6 cm³/mol. The first-order valence-corrected chi connectivity index (χ1v) is 4.18. The average Bonchev–Trinajstić information content (AvgIpc) is 2.58. The first-order valence-electron chi connectivity index (χ1n) is 4.18. The van der Waals surface area contributed by atoms with Gasteiger partial charge in [-0.15, -0.1) is 0 Å². The molecule has 1 aliphatic rings. The second kappa shape index (κ2) is 3.09. The second-order valence-electron chi connectivity index (χ2n) is 3.01. The van der Waals surface area contributed by atoms with Gasteiger partial charge in [-0.25, -0.2) is 0 Å². The van der Waals surface area contributed by atoms with Gasteiger partial charge in [-0.1, -0.05) is 0 Å². The van der Waals surface area contributed by atoms with Gasteiger partial charge in [0.1, 0.15) is 0 Å². The summed E-state index contributed by atoms with van der Waals surface area (Å²) in [5, 5.41) is 0. The molecule has 60 valence electrons. The van der Waals surface area contributed by atoms with Crippen molar-refractivity contribution in [3.63, 3.8) is 0 Å². The van der Waals surface area contributed by atoms with Crippen LogP contribution in [-0.4, -0.2) is 18.2 Å². The maximum atomic E-state index is 5.28. The van der Waals surface area contributed by atoms with Crippen LogP contribution in [0.4, 0.5) is 0 Å². The highest BCUT2D eigenvalue weighted by Gasteiger charge is 2.15. The summed E-state index contributed by atoms with van der Waals surface area (Å²) < 4.78 is 5.28. The number of rotatable bonds is 1. The Kier molecular flexibility index (Phi) is 1.95. The van der Waals surface area contributed by atoms with Crippen molar-refractivity contribution < 1.29 is 4.74 Å². The Labute approximate surface area is 66.6 Å². The van der Waals surface area contributed by atoms with Gasteiger partial charge in [0.15, 0.2) is 0 Å². The number of ether oxygens (including phenoxy) is 1. The Hall–Kier alpha value is -0.760. The molecule has 0 unspecified atom stereocenters. The molecule has 2 heteroatoms. The summed E-state index contributed by atoms with van der Waals surface area (Å²) in [6.07, 6.45) is 4.33. The van der Waals surface area contributed by atoms with Crippen LogP contribution in [0, 0.1) is 0 Å². The third-order valence-electron chi connectivity index (χ3n) is 2.28. The Morgan fingerprint density at radius 3 is 2.82 bits per heavy atom. The summed E-state index contributed by atoms with van der Waals surface area (Å²) in [6.45, 7) is 1.84. The van der Waals surface area contributed by atoms with E-state index in [1.165, 1.54) is 18.5 Å². The normalized spacial score (nSPS) is 20.4. The molecule has 0 spiro atoms. The summed E-state index contributed by atoms with van der Waals surface area (Å²) in [5.74, 6) is 0.707. The summed E-state index contributed by atoms with van der Waals surface area (Å²) in [6, 6.07) is 4.22. The number of hydrogen-bond acceptors (Lipinski definition) is 1. The molecule has 1 aliphatic heterocycles. The number of aromatic amines is 1. The van der Waals surface area contributed by atoms with E-state index >= 15 is 0 Å². The van der Waals surface area contributed by atoms with Crippen LogP contribution in [0.25, 0.3) is 0 Å². The van der Waals surface area contributed by atoms with E-state index in [0.717, 1.165) is 13.2 Å². The number of nitrogens with one attached hydrogen (secondary N) is 1. The first kappa shape index (κ1) is 6.92. The lowest BCUT2D eigenvalue weighted by atomic mass is 9.97. The van der Waals surface area contributed by atoms with Crippen LogP contribution in [0.5, 0.6) is 0 Å². The van der Waals surface area contributed by atoms with Crippen molar-refractivity contribution in [2.45, 2.75) is 18.8 Å². The second-order valence-corrected chi connectivity index (χ2v) is 3.01. The minimum atomic E-state index is 0.707. The molecule has 2 heterocycles. The summed E-state index contributed by atoms with van der Waals surface area (Å²) in [4.78, 5) is 3.25. The van der Waals surface area contributed by atoms with Crippen molar-refractivity contribution in [1.82, 2.24) is 4.98 Å². The maximum absolute atomic E-state index is 5.28. The van der Waals surface area contributed by atoms with E-state index in [-0.39, 0.29) is 0 Å². The smallest absolute Gasteiger partial charge is 0.0472 e. The highest BCUT2D eigenvalue weighted by Crippen LogP contribution is 2.24. The number of hydrogen-bond donors (Lipinski definition) is 1. The van der Waals surface area contributed by atoms with Crippen LogP contribution in [-0.2, 0) is 4.74 Å². The van der Waals surface area contributed by atoms with Crippen LogP contribution >= 0.6 is 0 Å². The number of H-pyrrole nitrogens is 1. The third-order valence-corrected chi connectivity index (χ3v) is 2.28. The van der Waals surface area contributed by atoms with Crippen molar-refractivity contribution in [2.24, 2.45) is 0 Å². The first-order chi connectivity index (χ1) is 5.47. The monoisotopic (exact) mass is 151 g/mol. The van der Waals surface area contributed by atoms with Crippen molar-refractivity contribution in [3.05, 3.63) is 24.0 Å². The predicted octanol–water partition coefficient (Wildman–Crippen LogP) is 1.91.